The summed E-state index contributed by atoms with van der Waals surface area (Å²) in [6.45, 7) is 6.43. The first-order valence-electron chi connectivity index (χ1n) is 11.4. The summed E-state index contributed by atoms with van der Waals surface area (Å²) in [4.78, 5) is 0.236. The average Bonchev–Trinajstić information content (AvgIpc) is 2.85. The lowest BCUT2D eigenvalue weighted by molar-refractivity contribution is -0.0613. The summed E-state index contributed by atoms with van der Waals surface area (Å²) in [6, 6.07) is 21.5. The molecule has 0 saturated heterocycles. The predicted octanol–water partition coefficient (Wildman–Crippen LogP) is 5.01. The Morgan fingerprint density at radius 2 is 1.54 bits per heavy atom. The first-order chi connectivity index (χ1) is 16.8. The number of ether oxygens (including phenoxy) is 3. The second-order valence-electron chi connectivity index (χ2n) is 7.90. The topological polar surface area (TPSA) is 65.1 Å². The maximum Gasteiger partial charge on any atom is 0.244 e. The van der Waals surface area contributed by atoms with E-state index in [0.29, 0.717) is 12.4 Å². The first kappa shape index (κ1) is 26.3. The molecule has 0 radical (unpaired) electrons. The quantitative estimate of drug-likeness (QED) is 0.294. The Hall–Kier alpha value is -3.31. The van der Waals surface area contributed by atoms with Gasteiger partial charge in [-0.25, -0.2) is 8.42 Å². The zero-order chi connectivity index (χ0) is 25.3. The van der Waals surface area contributed by atoms with E-state index < -0.39 is 10.0 Å². The Morgan fingerprint density at radius 1 is 0.914 bits per heavy atom. The summed E-state index contributed by atoms with van der Waals surface area (Å²) < 4.78 is 44.6. The minimum Gasteiger partial charge on any atom is -0.497 e. The van der Waals surface area contributed by atoms with Gasteiger partial charge in [0.25, 0.3) is 0 Å². The van der Waals surface area contributed by atoms with Crippen molar-refractivity contribution in [2.75, 3.05) is 20.3 Å². The van der Waals surface area contributed by atoms with E-state index in [1.807, 2.05) is 69.3 Å². The monoisotopic (exact) mass is 493 g/mol. The van der Waals surface area contributed by atoms with Crippen LogP contribution in [0.5, 0.6) is 11.5 Å². The second kappa shape index (κ2) is 12.4. The van der Waals surface area contributed by atoms with Crippen molar-refractivity contribution in [3.8, 4) is 23.3 Å². The third-order valence-corrected chi connectivity index (χ3v) is 7.03. The molecule has 0 aromatic heterocycles. The summed E-state index contributed by atoms with van der Waals surface area (Å²) in [5.74, 6) is 7.45. The molecule has 0 aliphatic carbocycles. The van der Waals surface area contributed by atoms with Crippen molar-refractivity contribution in [2.45, 2.75) is 38.5 Å². The van der Waals surface area contributed by atoms with Crippen LogP contribution in [0, 0.1) is 18.8 Å². The van der Waals surface area contributed by atoms with Crippen molar-refractivity contribution in [3.63, 3.8) is 0 Å². The highest BCUT2D eigenvalue weighted by molar-refractivity contribution is 7.89. The molecule has 0 amide bonds. The Labute approximate surface area is 208 Å². The van der Waals surface area contributed by atoms with Crippen molar-refractivity contribution in [1.29, 1.82) is 0 Å². The van der Waals surface area contributed by atoms with Crippen LogP contribution in [-0.4, -0.2) is 39.3 Å². The van der Waals surface area contributed by atoms with Crippen LogP contribution in [-0.2, 0) is 21.3 Å². The summed E-state index contributed by atoms with van der Waals surface area (Å²) >= 11 is 0. The standard InChI is InChI=1S/C28H31NO5S/c1-5-33-23(3)34-27-16-12-25(13-17-27)21-29(35(30,31)28-18-8-22(2)9-19-28)20-6-7-24-10-14-26(32-4)15-11-24/h8-19,23H,5,20-21H2,1-4H3. The van der Waals surface area contributed by atoms with Crippen LogP contribution < -0.4 is 9.47 Å². The van der Waals surface area contributed by atoms with Gasteiger partial charge in [-0.2, -0.15) is 4.31 Å². The van der Waals surface area contributed by atoms with E-state index in [4.69, 9.17) is 14.2 Å². The van der Waals surface area contributed by atoms with E-state index in [9.17, 15) is 8.42 Å². The largest absolute Gasteiger partial charge is 0.497 e. The number of hydrogen-bond donors (Lipinski definition) is 0. The van der Waals surface area contributed by atoms with Crippen molar-refractivity contribution in [3.05, 3.63) is 89.5 Å². The molecule has 3 aromatic rings. The number of benzene rings is 3. The van der Waals surface area contributed by atoms with E-state index in [0.717, 1.165) is 22.4 Å². The molecule has 0 N–H and O–H groups in total. The molecule has 6 nitrogen and oxygen atoms in total. The van der Waals surface area contributed by atoms with Crippen LogP contribution in [0.25, 0.3) is 0 Å². The van der Waals surface area contributed by atoms with E-state index >= 15 is 0 Å². The van der Waals surface area contributed by atoms with Gasteiger partial charge in [0.15, 0.2) is 6.29 Å². The summed E-state index contributed by atoms with van der Waals surface area (Å²) in [5, 5.41) is 0. The predicted molar refractivity (Wildman–Crippen MR) is 137 cm³/mol. The molecule has 0 bridgehead atoms. The summed E-state index contributed by atoms with van der Waals surface area (Å²) in [6.07, 6.45) is -0.363. The highest BCUT2D eigenvalue weighted by Gasteiger charge is 2.24. The third kappa shape index (κ3) is 7.59. The van der Waals surface area contributed by atoms with Crippen LogP contribution in [0.1, 0.15) is 30.5 Å². The zero-order valence-corrected chi connectivity index (χ0v) is 21.3. The summed E-state index contributed by atoms with van der Waals surface area (Å²) in [7, 11) is -2.15. The molecule has 0 heterocycles. The first-order valence-corrected chi connectivity index (χ1v) is 12.8. The molecule has 7 heteroatoms. The van der Waals surface area contributed by atoms with Gasteiger partial charge in [0.1, 0.15) is 11.5 Å². The molecule has 3 rings (SSSR count). The number of hydrogen-bond acceptors (Lipinski definition) is 5. The number of rotatable bonds is 10. The molecule has 0 saturated carbocycles. The Kier molecular flexibility index (Phi) is 9.32. The number of aryl methyl sites for hydroxylation is 1. The van der Waals surface area contributed by atoms with Crippen molar-refractivity contribution >= 4 is 10.0 Å². The maximum atomic E-state index is 13.5. The number of nitrogens with zero attached hydrogens (tertiary/aromatic N) is 1. The molecule has 35 heavy (non-hydrogen) atoms. The maximum absolute atomic E-state index is 13.5. The molecule has 3 aromatic carbocycles. The summed E-state index contributed by atoms with van der Waals surface area (Å²) in [5.41, 5.74) is 2.60. The second-order valence-corrected chi connectivity index (χ2v) is 9.84. The van der Waals surface area contributed by atoms with Gasteiger partial charge in [0, 0.05) is 18.7 Å². The van der Waals surface area contributed by atoms with Gasteiger partial charge >= 0.3 is 0 Å². The van der Waals surface area contributed by atoms with Crippen LogP contribution in [0.3, 0.4) is 0 Å². The van der Waals surface area contributed by atoms with Crippen molar-refractivity contribution < 1.29 is 22.6 Å². The fraction of sp³-hybridized carbons (Fsp3) is 0.286. The van der Waals surface area contributed by atoms with Gasteiger partial charge in [0.2, 0.25) is 10.0 Å². The molecule has 1 unspecified atom stereocenters. The lowest BCUT2D eigenvalue weighted by Crippen LogP contribution is -2.31. The van der Waals surface area contributed by atoms with Gasteiger partial charge in [-0.15, -0.1) is 0 Å². The third-order valence-electron chi connectivity index (χ3n) is 5.22. The van der Waals surface area contributed by atoms with Gasteiger partial charge < -0.3 is 14.2 Å². The van der Waals surface area contributed by atoms with Crippen molar-refractivity contribution in [2.24, 2.45) is 0 Å². The Bertz CT molecular complexity index is 1240. The highest BCUT2D eigenvalue weighted by Crippen LogP contribution is 2.21. The SMILES string of the molecule is CCOC(C)Oc1ccc(CN(CC#Cc2ccc(OC)cc2)S(=O)(=O)c2ccc(C)cc2)cc1. The Balaban J connectivity index is 1.82. The van der Waals surface area contributed by atoms with E-state index in [-0.39, 0.29) is 24.3 Å². The molecule has 0 spiro atoms. The molecule has 0 fully saturated rings. The van der Waals surface area contributed by atoms with E-state index in [1.165, 1.54) is 4.31 Å². The molecular weight excluding hydrogens is 462 g/mol. The molecule has 184 valence electrons. The fourth-order valence-corrected chi connectivity index (χ4v) is 4.66. The minimum atomic E-state index is -3.76. The zero-order valence-electron chi connectivity index (χ0n) is 20.5. The van der Waals surface area contributed by atoms with Crippen LogP contribution in [0.2, 0.25) is 0 Å². The van der Waals surface area contributed by atoms with Gasteiger partial charge in [-0.3, -0.25) is 0 Å². The molecule has 0 aliphatic heterocycles. The van der Waals surface area contributed by atoms with E-state index in [2.05, 4.69) is 11.8 Å². The lowest BCUT2D eigenvalue weighted by Gasteiger charge is -2.21. The van der Waals surface area contributed by atoms with Crippen LogP contribution in [0.4, 0.5) is 0 Å². The molecule has 0 aliphatic rings. The van der Waals surface area contributed by atoms with E-state index in [1.54, 1.807) is 31.4 Å². The molecular formula is C28H31NO5S. The normalized spacial score (nSPS) is 12.0. The lowest BCUT2D eigenvalue weighted by atomic mass is 10.2. The van der Waals surface area contributed by atoms with Gasteiger partial charge in [-0.1, -0.05) is 41.7 Å². The van der Waals surface area contributed by atoms with Gasteiger partial charge in [0.05, 0.1) is 18.6 Å². The highest BCUT2D eigenvalue weighted by atomic mass is 32.2. The number of sulfonamides is 1. The van der Waals surface area contributed by atoms with Crippen LogP contribution >= 0.6 is 0 Å². The number of methoxy groups -OCH3 is 1. The smallest absolute Gasteiger partial charge is 0.244 e. The van der Waals surface area contributed by atoms with Crippen LogP contribution in [0.15, 0.2) is 77.7 Å². The fourth-order valence-electron chi connectivity index (χ4n) is 3.33. The van der Waals surface area contributed by atoms with Gasteiger partial charge in [-0.05, 0) is 74.9 Å². The van der Waals surface area contributed by atoms with Crippen molar-refractivity contribution in [1.82, 2.24) is 4.31 Å². The Morgan fingerprint density at radius 3 is 2.14 bits per heavy atom. The molecule has 1 atom stereocenters. The minimum absolute atomic E-state index is 0.0435. The average molecular weight is 494 g/mol.